The van der Waals surface area contributed by atoms with E-state index in [1.165, 1.54) is 6.26 Å². The molecule has 6 nitrogen and oxygen atoms in total. The zero-order valence-corrected chi connectivity index (χ0v) is 14.5. The maximum absolute atomic E-state index is 12.2. The molecule has 3 aromatic rings. The molecule has 26 heavy (non-hydrogen) atoms. The van der Waals surface area contributed by atoms with Gasteiger partial charge in [-0.05, 0) is 24.3 Å². The third-order valence-electron chi connectivity index (χ3n) is 3.59. The number of oxazole rings is 1. The maximum atomic E-state index is 12.2. The lowest BCUT2D eigenvalue weighted by Gasteiger charge is -2.08. The number of carbonyl (C=O) groups is 1. The number of nitrogens with zero attached hydrogens (tertiary/aromatic N) is 1. The van der Waals surface area contributed by atoms with Crippen molar-refractivity contribution in [2.75, 3.05) is 25.6 Å². The minimum atomic E-state index is -0.174. The van der Waals surface area contributed by atoms with Gasteiger partial charge in [-0.25, -0.2) is 4.98 Å². The number of anilines is 1. The van der Waals surface area contributed by atoms with E-state index in [9.17, 15) is 4.79 Å². The van der Waals surface area contributed by atoms with Crippen LogP contribution < -0.4 is 10.1 Å². The van der Waals surface area contributed by atoms with E-state index < -0.39 is 0 Å². The van der Waals surface area contributed by atoms with Gasteiger partial charge in [0, 0.05) is 24.4 Å². The van der Waals surface area contributed by atoms with Crippen LogP contribution in [0.25, 0.3) is 11.5 Å². The molecule has 1 aromatic heterocycles. The van der Waals surface area contributed by atoms with Crippen LogP contribution in [0, 0.1) is 0 Å². The van der Waals surface area contributed by atoms with E-state index in [1.807, 2.05) is 42.5 Å². The van der Waals surface area contributed by atoms with Gasteiger partial charge >= 0.3 is 0 Å². The zero-order valence-electron chi connectivity index (χ0n) is 14.5. The van der Waals surface area contributed by atoms with Crippen LogP contribution in [-0.2, 0) is 16.0 Å². The SMILES string of the molecule is COCCOc1cccc(NC(=O)Cc2coc(-c3ccccc3)n2)c1. The molecule has 0 bridgehead atoms. The van der Waals surface area contributed by atoms with Crippen molar-refractivity contribution in [3.05, 3.63) is 66.6 Å². The molecule has 3 rings (SSSR count). The molecule has 0 saturated heterocycles. The Kier molecular flexibility index (Phi) is 6.01. The summed E-state index contributed by atoms with van der Waals surface area (Å²) in [6.07, 6.45) is 1.64. The summed E-state index contributed by atoms with van der Waals surface area (Å²) in [5.74, 6) is 1.00. The van der Waals surface area contributed by atoms with Crippen molar-refractivity contribution in [3.8, 4) is 17.2 Å². The van der Waals surface area contributed by atoms with Crippen LogP contribution in [0.1, 0.15) is 5.69 Å². The van der Waals surface area contributed by atoms with Crippen LogP contribution >= 0.6 is 0 Å². The second-order valence-electron chi connectivity index (χ2n) is 5.60. The molecule has 0 aliphatic heterocycles. The number of hydrogen-bond donors (Lipinski definition) is 1. The van der Waals surface area contributed by atoms with Gasteiger partial charge in [0.15, 0.2) is 0 Å². The largest absolute Gasteiger partial charge is 0.491 e. The topological polar surface area (TPSA) is 73.6 Å². The lowest BCUT2D eigenvalue weighted by atomic mass is 10.2. The predicted molar refractivity (Wildman–Crippen MR) is 98.1 cm³/mol. The zero-order chi connectivity index (χ0) is 18.2. The van der Waals surface area contributed by atoms with Gasteiger partial charge in [0.25, 0.3) is 0 Å². The Hall–Kier alpha value is -3.12. The molecular formula is C20H20N2O4. The van der Waals surface area contributed by atoms with Crippen molar-refractivity contribution >= 4 is 11.6 Å². The molecule has 0 aliphatic rings. The fraction of sp³-hybridized carbons (Fsp3) is 0.200. The average molecular weight is 352 g/mol. The van der Waals surface area contributed by atoms with Crippen LogP contribution in [0.15, 0.2) is 65.3 Å². The quantitative estimate of drug-likeness (QED) is 0.628. The summed E-state index contributed by atoms with van der Waals surface area (Å²) < 4.78 is 15.9. The van der Waals surface area contributed by atoms with Gasteiger partial charge in [-0.3, -0.25) is 4.79 Å². The molecule has 0 fully saturated rings. The summed E-state index contributed by atoms with van der Waals surface area (Å²) in [7, 11) is 1.62. The molecule has 1 N–H and O–H groups in total. The number of nitrogens with one attached hydrogen (secondary N) is 1. The van der Waals surface area contributed by atoms with E-state index in [1.54, 1.807) is 19.2 Å². The van der Waals surface area contributed by atoms with E-state index in [2.05, 4.69) is 10.3 Å². The van der Waals surface area contributed by atoms with Crippen LogP contribution in [-0.4, -0.2) is 31.2 Å². The first kappa shape index (κ1) is 17.7. The predicted octanol–water partition coefficient (Wildman–Crippen LogP) is 3.55. The summed E-state index contributed by atoms with van der Waals surface area (Å²) in [6, 6.07) is 16.8. The Labute approximate surface area is 151 Å². The van der Waals surface area contributed by atoms with Gasteiger partial charge < -0.3 is 19.2 Å². The summed E-state index contributed by atoms with van der Waals surface area (Å²) in [5.41, 5.74) is 2.12. The molecule has 0 radical (unpaired) electrons. The molecule has 1 amide bonds. The van der Waals surface area contributed by atoms with E-state index in [0.29, 0.717) is 36.2 Å². The normalized spacial score (nSPS) is 10.5. The second-order valence-corrected chi connectivity index (χ2v) is 5.60. The summed E-state index contributed by atoms with van der Waals surface area (Å²) in [5, 5.41) is 2.84. The first-order valence-electron chi connectivity index (χ1n) is 8.26. The summed E-state index contributed by atoms with van der Waals surface area (Å²) in [6.45, 7) is 0.960. The molecule has 0 aliphatic carbocycles. The van der Waals surface area contributed by atoms with Crippen molar-refractivity contribution in [2.24, 2.45) is 0 Å². The summed E-state index contributed by atoms with van der Waals surface area (Å²) >= 11 is 0. The molecule has 0 spiro atoms. The Balaban J connectivity index is 1.57. The van der Waals surface area contributed by atoms with E-state index in [4.69, 9.17) is 13.9 Å². The van der Waals surface area contributed by atoms with Crippen LogP contribution in [0.4, 0.5) is 5.69 Å². The Morgan fingerprint density at radius 3 is 2.77 bits per heavy atom. The minimum absolute atomic E-state index is 0.130. The van der Waals surface area contributed by atoms with E-state index in [0.717, 1.165) is 5.56 Å². The number of amides is 1. The van der Waals surface area contributed by atoms with Crippen molar-refractivity contribution in [3.63, 3.8) is 0 Å². The van der Waals surface area contributed by atoms with Gasteiger partial charge in [0.05, 0.1) is 18.7 Å². The van der Waals surface area contributed by atoms with E-state index in [-0.39, 0.29) is 12.3 Å². The fourth-order valence-electron chi connectivity index (χ4n) is 2.38. The number of ether oxygens (including phenoxy) is 2. The Morgan fingerprint density at radius 1 is 1.12 bits per heavy atom. The molecule has 0 atom stereocenters. The first-order chi connectivity index (χ1) is 12.7. The highest BCUT2D eigenvalue weighted by molar-refractivity contribution is 5.92. The Bertz CT molecular complexity index is 846. The van der Waals surface area contributed by atoms with Gasteiger partial charge in [-0.15, -0.1) is 0 Å². The third-order valence-corrected chi connectivity index (χ3v) is 3.59. The van der Waals surface area contributed by atoms with Gasteiger partial charge in [0.1, 0.15) is 18.6 Å². The molecular weight excluding hydrogens is 332 g/mol. The van der Waals surface area contributed by atoms with Crippen molar-refractivity contribution < 1.29 is 18.7 Å². The van der Waals surface area contributed by atoms with Gasteiger partial charge in [0.2, 0.25) is 11.8 Å². The highest BCUT2D eigenvalue weighted by Gasteiger charge is 2.11. The van der Waals surface area contributed by atoms with Crippen molar-refractivity contribution in [1.82, 2.24) is 4.98 Å². The third kappa shape index (κ3) is 4.94. The monoisotopic (exact) mass is 352 g/mol. The molecule has 0 saturated carbocycles. The molecule has 1 heterocycles. The lowest BCUT2D eigenvalue weighted by molar-refractivity contribution is -0.115. The van der Waals surface area contributed by atoms with Crippen molar-refractivity contribution in [1.29, 1.82) is 0 Å². The smallest absolute Gasteiger partial charge is 0.230 e. The van der Waals surface area contributed by atoms with Gasteiger partial charge in [-0.2, -0.15) is 0 Å². The first-order valence-corrected chi connectivity index (χ1v) is 8.26. The molecule has 0 unspecified atom stereocenters. The molecule has 6 heteroatoms. The van der Waals surface area contributed by atoms with E-state index >= 15 is 0 Å². The van der Waals surface area contributed by atoms with Gasteiger partial charge in [-0.1, -0.05) is 24.3 Å². The minimum Gasteiger partial charge on any atom is -0.491 e. The van der Waals surface area contributed by atoms with Crippen molar-refractivity contribution in [2.45, 2.75) is 6.42 Å². The number of benzene rings is 2. The average Bonchev–Trinajstić information content (AvgIpc) is 3.11. The van der Waals surface area contributed by atoms with Crippen LogP contribution in [0.2, 0.25) is 0 Å². The number of hydrogen-bond acceptors (Lipinski definition) is 5. The second kappa shape index (κ2) is 8.82. The van der Waals surface area contributed by atoms with Crippen LogP contribution in [0.3, 0.4) is 0 Å². The van der Waals surface area contributed by atoms with Crippen LogP contribution in [0.5, 0.6) is 5.75 Å². The fourth-order valence-corrected chi connectivity index (χ4v) is 2.38. The Morgan fingerprint density at radius 2 is 1.96 bits per heavy atom. The number of carbonyl (C=O) groups excluding carboxylic acids is 1. The maximum Gasteiger partial charge on any atom is 0.230 e. The summed E-state index contributed by atoms with van der Waals surface area (Å²) in [4.78, 5) is 16.6. The standard InChI is InChI=1S/C20H20N2O4/c1-24-10-11-25-18-9-5-8-16(12-18)21-19(23)13-17-14-26-20(22-17)15-6-3-2-4-7-15/h2-9,12,14H,10-11,13H2,1H3,(H,21,23). The lowest BCUT2D eigenvalue weighted by Crippen LogP contribution is -2.14. The molecule has 2 aromatic carbocycles. The number of rotatable bonds is 8. The number of methoxy groups -OCH3 is 1. The highest BCUT2D eigenvalue weighted by atomic mass is 16.5. The molecule has 134 valence electrons. The number of aromatic nitrogens is 1. The highest BCUT2D eigenvalue weighted by Crippen LogP contribution is 2.19.